The quantitative estimate of drug-likeness (QED) is 0.641. The minimum Gasteiger partial charge on any atom is -0.496 e. The molecule has 1 N–H and O–H groups in total. The molecule has 2 aliphatic rings. The monoisotopic (exact) mass is 423 g/mol. The Bertz CT molecular complexity index is 1120. The van der Waals surface area contributed by atoms with Gasteiger partial charge >= 0.3 is 0 Å². The number of ketones is 1. The van der Waals surface area contributed by atoms with Crippen molar-refractivity contribution >= 4 is 38.7 Å². The number of nitrogens with one attached hydrogen (secondary N) is 1. The highest BCUT2D eigenvalue weighted by atomic mass is 79.9. The molecule has 0 fully saturated rings. The van der Waals surface area contributed by atoms with Crippen LogP contribution in [0, 0.1) is 0 Å². The van der Waals surface area contributed by atoms with Gasteiger partial charge in [0.25, 0.3) is 0 Å². The first-order valence-corrected chi connectivity index (χ1v) is 9.80. The van der Waals surface area contributed by atoms with Crippen molar-refractivity contribution in [2.75, 3.05) is 12.4 Å². The minimum atomic E-state index is -0.260. The summed E-state index contributed by atoms with van der Waals surface area (Å²) in [6.45, 7) is 0. The number of methoxy groups -OCH3 is 1. The first-order chi connectivity index (χ1) is 13.2. The van der Waals surface area contributed by atoms with E-state index >= 15 is 0 Å². The summed E-state index contributed by atoms with van der Waals surface area (Å²) in [7, 11) is 1.67. The first kappa shape index (κ1) is 16.6. The second-order valence-electron chi connectivity index (χ2n) is 6.88. The Hall–Kier alpha value is -2.60. The van der Waals surface area contributed by atoms with Crippen molar-refractivity contribution in [3.8, 4) is 5.75 Å². The smallest absolute Gasteiger partial charge is 0.209 e. The van der Waals surface area contributed by atoms with Crippen LogP contribution in [0.25, 0.3) is 11.0 Å². The summed E-state index contributed by atoms with van der Waals surface area (Å²) in [5, 5.41) is 3.43. The number of nitrogens with zero attached hydrogens (tertiary/aromatic N) is 2. The summed E-state index contributed by atoms with van der Waals surface area (Å²) in [5.41, 5.74) is 4.68. The lowest BCUT2D eigenvalue weighted by Crippen LogP contribution is -2.31. The minimum absolute atomic E-state index is 0.194. The Morgan fingerprint density at radius 3 is 2.93 bits per heavy atom. The van der Waals surface area contributed by atoms with Crippen LogP contribution >= 0.6 is 15.9 Å². The average Bonchev–Trinajstić information content (AvgIpc) is 3.04. The molecule has 6 heteroatoms. The van der Waals surface area contributed by atoms with Gasteiger partial charge in [0.2, 0.25) is 5.95 Å². The molecule has 1 aliphatic heterocycles. The van der Waals surface area contributed by atoms with Crippen LogP contribution in [0.1, 0.15) is 30.9 Å². The molecule has 1 aromatic heterocycles. The number of carbonyl (C=O) groups excluding carboxylic acids is 1. The number of rotatable bonds is 2. The number of aromatic nitrogens is 2. The highest BCUT2D eigenvalue weighted by Gasteiger charge is 2.37. The molecule has 5 nitrogen and oxygen atoms in total. The summed E-state index contributed by atoms with van der Waals surface area (Å²) in [5.74, 6) is 1.73. The lowest BCUT2D eigenvalue weighted by Gasteiger charge is -2.34. The lowest BCUT2D eigenvalue weighted by atomic mass is 9.85. The number of carbonyl (C=O) groups is 1. The van der Waals surface area contributed by atoms with Crippen LogP contribution in [0.5, 0.6) is 5.75 Å². The van der Waals surface area contributed by atoms with Gasteiger partial charge < -0.3 is 10.1 Å². The van der Waals surface area contributed by atoms with Gasteiger partial charge in [-0.05, 0) is 43.2 Å². The molecule has 2 aromatic carbocycles. The Labute approximate surface area is 165 Å². The van der Waals surface area contributed by atoms with Gasteiger partial charge in [-0.15, -0.1) is 0 Å². The summed E-state index contributed by atoms with van der Waals surface area (Å²) < 4.78 is 8.74. The number of fused-ring (bicyclic) bond motifs is 3. The Kier molecular flexibility index (Phi) is 3.82. The average molecular weight is 424 g/mol. The number of imidazole rings is 1. The van der Waals surface area contributed by atoms with Gasteiger partial charge in [-0.2, -0.15) is 0 Å². The summed E-state index contributed by atoms with van der Waals surface area (Å²) >= 11 is 3.58. The van der Waals surface area contributed by atoms with Gasteiger partial charge in [-0.25, -0.2) is 4.98 Å². The molecule has 27 heavy (non-hydrogen) atoms. The molecular weight excluding hydrogens is 406 g/mol. The summed E-state index contributed by atoms with van der Waals surface area (Å²) in [4.78, 5) is 17.8. The van der Waals surface area contributed by atoms with Gasteiger partial charge in [0.05, 0.1) is 24.2 Å². The molecule has 1 atom stereocenters. The number of ether oxygens (including phenoxy) is 1. The van der Waals surface area contributed by atoms with Crippen molar-refractivity contribution in [2.24, 2.45) is 0 Å². The zero-order valence-electron chi connectivity index (χ0n) is 14.8. The molecule has 5 rings (SSSR count). The largest absolute Gasteiger partial charge is 0.496 e. The van der Waals surface area contributed by atoms with Crippen molar-refractivity contribution in [1.29, 1.82) is 0 Å². The predicted octanol–water partition coefficient (Wildman–Crippen LogP) is 4.83. The predicted molar refractivity (Wildman–Crippen MR) is 108 cm³/mol. The molecule has 0 amide bonds. The van der Waals surface area contributed by atoms with Crippen molar-refractivity contribution < 1.29 is 9.53 Å². The highest BCUT2D eigenvalue weighted by Crippen LogP contribution is 2.45. The van der Waals surface area contributed by atoms with E-state index in [1.54, 1.807) is 7.11 Å². The Balaban J connectivity index is 1.85. The van der Waals surface area contributed by atoms with Crippen LogP contribution in [-0.2, 0) is 4.79 Å². The van der Waals surface area contributed by atoms with E-state index in [1.165, 1.54) is 0 Å². The van der Waals surface area contributed by atoms with E-state index in [4.69, 9.17) is 9.72 Å². The molecule has 0 bridgehead atoms. The van der Waals surface area contributed by atoms with Gasteiger partial charge in [-0.3, -0.25) is 9.36 Å². The third-order valence-electron chi connectivity index (χ3n) is 5.33. The molecule has 2 heterocycles. The molecule has 3 aromatic rings. The van der Waals surface area contributed by atoms with Crippen LogP contribution in [-0.4, -0.2) is 22.4 Å². The maximum absolute atomic E-state index is 13.0. The molecule has 0 spiro atoms. The number of hydrogen-bond acceptors (Lipinski definition) is 4. The topological polar surface area (TPSA) is 56.1 Å². The van der Waals surface area contributed by atoms with Crippen molar-refractivity contribution in [2.45, 2.75) is 25.3 Å². The van der Waals surface area contributed by atoms with Crippen LogP contribution in [0.3, 0.4) is 0 Å². The molecule has 0 saturated carbocycles. The highest BCUT2D eigenvalue weighted by molar-refractivity contribution is 9.10. The standard InChI is InChI=1S/C21H18BrN3O2/c1-27-18-10-9-12(22)11-13(18)20-19-15(6-4-8-17(19)26)24-21-23-14-5-2-3-7-16(14)25(20)21/h2-3,5,7,9-11,20H,4,6,8H2,1H3,(H,23,24). The van der Waals surface area contributed by atoms with Crippen molar-refractivity contribution in [3.05, 3.63) is 63.8 Å². The lowest BCUT2D eigenvalue weighted by molar-refractivity contribution is -0.116. The van der Waals surface area contributed by atoms with Gasteiger partial charge in [0.15, 0.2) is 5.78 Å². The second kappa shape index (κ2) is 6.23. The van der Waals surface area contributed by atoms with E-state index in [9.17, 15) is 4.79 Å². The van der Waals surface area contributed by atoms with E-state index < -0.39 is 0 Å². The molecule has 0 radical (unpaired) electrons. The van der Waals surface area contributed by atoms with E-state index in [0.29, 0.717) is 6.42 Å². The number of benzene rings is 2. The van der Waals surface area contributed by atoms with Crippen molar-refractivity contribution in [1.82, 2.24) is 9.55 Å². The summed E-state index contributed by atoms with van der Waals surface area (Å²) in [6, 6.07) is 13.7. The molecule has 136 valence electrons. The molecule has 1 unspecified atom stereocenters. The SMILES string of the molecule is COc1ccc(Br)cc1C1C2=C(CCCC2=O)Nc2nc3ccccc3n21. The summed E-state index contributed by atoms with van der Waals surface area (Å²) in [6.07, 6.45) is 2.31. The zero-order chi connectivity index (χ0) is 18.5. The number of allylic oxidation sites excluding steroid dienone is 2. The maximum Gasteiger partial charge on any atom is 0.209 e. The molecular formula is C21H18BrN3O2. The van der Waals surface area contributed by atoms with Gasteiger partial charge in [0, 0.05) is 27.7 Å². The van der Waals surface area contributed by atoms with E-state index in [0.717, 1.165) is 56.9 Å². The van der Waals surface area contributed by atoms with Gasteiger partial charge in [-0.1, -0.05) is 28.1 Å². The normalized spacial score (nSPS) is 18.9. The van der Waals surface area contributed by atoms with Crippen LogP contribution in [0.4, 0.5) is 5.95 Å². The number of anilines is 1. The van der Waals surface area contributed by atoms with E-state index in [-0.39, 0.29) is 11.8 Å². The maximum atomic E-state index is 13.0. The van der Waals surface area contributed by atoms with Gasteiger partial charge in [0.1, 0.15) is 5.75 Å². The third-order valence-corrected chi connectivity index (χ3v) is 5.83. The molecule has 0 saturated heterocycles. The number of halogens is 1. The molecule has 1 aliphatic carbocycles. The van der Waals surface area contributed by atoms with Crippen LogP contribution < -0.4 is 10.1 Å². The second-order valence-corrected chi connectivity index (χ2v) is 7.79. The fraction of sp³-hybridized carbons (Fsp3) is 0.238. The number of Topliss-reactive ketones (excluding diaryl/α,β-unsaturated/α-hetero) is 1. The van der Waals surface area contributed by atoms with Crippen LogP contribution in [0.2, 0.25) is 0 Å². The van der Waals surface area contributed by atoms with E-state index in [1.807, 2.05) is 42.5 Å². The zero-order valence-corrected chi connectivity index (χ0v) is 16.4. The Morgan fingerprint density at radius 2 is 2.07 bits per heavy atom. The number of hydrogen-bond donors (Lipinski definition) is 1. The first-order valence-electron chi connectivity index (χ1n) is 9.01. The third kappa shape index (κ3) is 2.51. The van der Waals surface area contributed by atoms with Crippen molar-refractivity contribution in [3.63, 3.8) is 0 Å². The number of para-hydroxylation sites is 2. The fourth-order valence-corrected chi connectivity index (χ4v) is 4.56. The van der Waals surface area contributed by atoms with E-state index in [2.05, 4.69) is 25.8 Å². The van der Waals surface area contributed by atoms with Crippen LogP contribution in [0.15, 0.2) is 58.2 Å². The fourth-order valence-electron chi connectivity index (χ4n) is 4.18. The Morgan fingerprint density at radius 1 is 1.22 bits per heavy atom.